The molecule has 3 aromatic rings. The van der Waals surface area contributed by atoms with Gasteiger partial charge in [-0.25, -0.2) is 4.68 Å². The van der Waals surface area contributed by atoms with Crippen molar-refractivity contribution in [1.82, 2.24) is 24.5 Å². The van der Waals surface area contributed by atoms with E-state index in [9.17, 15) is 4.79 Å². The van der Waals surface area contributed by atoms with Crippen LogP contribution >= 0.6 is 0 Å². The van der Waals surface area contributed by atoms with Crippen molar-refractivity contribution in [2.24, 2.45) is 7.05 Å². The SMILES string of the molecule is Cc1nn(-c2ccccc2)c(C)c1[C@H]1COCCN1C(=O)c1cnn(C)c1. The van der Waals surface area contributed by atoms with E-state index in [2.05, 4.69) is 5.10 Å². The van der Waals surface area contributed by atoms with Crippen molar-refractivity contribution in [3.63, 3.8) is 0 Å². The molecule has 1 amide bonds. The Balaban J connectivity index is 1.72. The Morgan fingerprint density at radius 1 is 1.22 bits per heavy atom. The second-order valence-electron chi connectivity index (χ2n) is 6.82. The van der Waals surface area contributed by atoms with Crippen molar-refractivity contribution < 1.29 is 9.53 Å². The van der Waals surface area contributed by atoms with E-state index in [-0.39, 0.29) is 11.9 Å². The Kier molecular flexibility index (Phi) is 4.53. The summed E-state index contributed by atoms with van der Waals surface area (Å²) < 4.78 is 9.31. The number of aromatic nitrogens is 4. The van der Waals surface area contributed by atoms with Gasteiger partial charge in [0, 0.05) is 31.0 Å². The highest BCUT2D eigenvalue weighted by Gasteiger charge is 2.33. The van der Waals surface area contributed by atoms with Crippen molar-refractivity contribution in [2.45, 2.75) is 19.9 Å². The van der Waals surface area contributed by atoms with E-state index in [0.717, 1.165) is 22.6 Å². The first-order chi connectivity index (χ1) is 13.1. The minimum Gasteiger partial charge on any atom is -0.377 e. The number of benzene rings is 1. The van der Waals surface area contributed by atoms with Crippen molar-refractivity contribution in [3.8, 4) is 5.69 Å². The molecule has 1 fully saturated rings. The number of hydrogen-bond acceptors (Lipinski definition) is 4. The smallest absolute Gasteiger partial charge is 0.257 e. The summed E-state index contributed by atoms with van der Waals surface area (Å²) >= 11 is 0. The number of morpholine rings is 1. The van der Waals surface area contributed by atoms with E-state index < -0.39 is 0 Å². The fraction of sp³-hybridized carbons (Fsp3) is 0.350. The van der Waals surface area contributed by atoms with Gasteiger partial charge in [-0.05, 0) is 26.0 Å². The predicted molar refractivity (Wildman–Crippen MR) is 101 cm³/mol. The van der Waals surface area contributed by atoms with E-state index in [1.54, 1.807) is 17.1 Å². The minimum absolute atomic E-state index is 0.0253. The lowest BCUT2D eigenvalue weighted by Gasteiger charge is -2.35. The molecule has 27 heavy (non-hydrogen) atoms. The van der Waals surface area contributed by atoms with Crippen LogP contribution in [0.4, 0.5) is 0 Å². The van der Waals surface area contributed by atoms with Gasteiger partial charge in [-0.15, -0.1) is 0 Å². The number of ether oxygens (including phenoxy) is 1. The van der Waals surface area contributed by atoms with Gasteiger partial charge >= 0.3 is 0 Å². The van der Waals surface area contributed by atoms with Crippen molar-refractivity contribution >= 4 is 5.91 Å². The lowest BCUT2D eigenvalue weighted by Crippen LogP contribution is -2.43. The number of aryl methyl sites for hydroxylation is 2. The van der Waals surface area contributed by atoms with Gasteiger partial charge < -0.3 is 9.64 Å². The number of carbonyl (C=O) groups is 1. The van der Waals surface area contributed by atoms with Crippen LogP contribution in [-0.2, 0) is 11.8 Å². The molecule has 1 saturated heterocycles. The van der Waals surface area contributed by atoms with Gasteiger partial charge in [0.1, 0.15) is 0 Å². The number of carbonyl (C=O) groups excluding carboxylic acids is 1. The van der Waals surface area contributed by atoms with E-state index in [1.807, 2.05) is 60.8 Å². The summed E-state index contributed by atoms with van der Waals surface area (Å²) in [5.74, 6) is -0.0253. The Hall–Kier alpha value is -2.93. The summed E-state index contributed by atoms with van der Waals surface area (Å²) in [7, 11) is 1.81. The maximum Gasteiger partial charge on any atom is 0.257 e. The van der Waals surface area contributed by atoms with Gasteiger partial charge in [0.15, 0.2) is 0 Å². The highest BCUT2D eigenvalue weighted by atomic mass is 16.5. The standard InChI is InChI=1S/C20H23N5O2/c1-14-19(15(2)25(22-14)17-7-5-4-6-8-17)18-13-27-10-9-24(18)20(26)16-11-21-23(3)12-16/h4-8,11-12,18H,9-10,13H2,1-3H3/t18-/m1/s1. The summed E-state index contributed by atoms with van der Waals surface area (Å²) in [5.41, 5.74) is 4.59. The number of rotatable bonds is 3. The van der Waals surface area contributed by atoms with E-state index in [4.69, 9.17) is 9.84 Å². The van der Waals surface area contributed by atoms with Crippen LogP contribution in [0.3, 0.4) is 0 Å². The molecule has 0 unspecified atom stereocenters. The van der Waals surface area contributed by atoms with Crippen LogP contribution in [0.15, 0.2) is 42.7 Å². The molecular weight excluding hydrogens is 342 g/mol. The molecule has 0 aliphatic carbocycles. The van der Waals surface area contributed by atoms with Crippen LogP contribution in [-0.4, -0.2) is 50.1 Å². The Bertz CT molecular complexity index is 960. The summed E-state index contributed by atoms with van der Waals surface area (Å²) in [6, 6.07) is 9.86. The average Bonchev–Trinajstić information content (AvgIpc) is 3.25. The van der Waals surface area contributed by atoms with E-state index in [0.29, 0.717) is 25.3 Å². The highest BCUT2D eigenvalue weighted by Crippen LogP contribution is 2.31. The van der Waals surface area contributed by atoms with Crippen LogP contribution in [0.25, 0.3) is 5.69 Å². The summed E-state index contributed by atoms with van der Waals surface area (Å²) in [5, 5.41) is 8.86. The Morgan fingerprint density at radius 3 is 2.70 bits per heavy atom. The van der Waals surface area contributed by atoms with Crippen molar-refractivity contribution in [2.75, 3.05) is 19.8 Å². The van der Waals surface area contributed by atoms with Gasteiger partial charge in [0.2, 0.25) is 0 Å². The van der Waals surface area contributed by atoms with Crippen LogP contribution in [0, 0.1) is 13.8 Å². The third-order valence-electron chi connectivity index (χ3n) is 5.02. The monoisotopic (exact) mass is 365 g/mol. The minimum atomic E-state index is -0.163. The molecular formula is C20H23N5O2. The average molecular weight is 365 g/mol. The number of hydrogen-bond donors (Lipinski definition) is 0. The lowest BCUT2D eigenvalue weighted by atomic mass is 10.0. The first-order valence-corrected chi connectivity index (χ1v) is 9.05. The zero-order chi connectivity index (χ0) is 19.0. The van der Waals surface area contributed by atoms with Crippen LogP contribution in [0.2, 0.25) is 0 Å². The van der Waals surface area contributed by atoms with Gasteiger partial charge in [-0.2, -0.15) is 10.2 Å². The van der Waals surface area contributed by atoms with Crippen LogP contribution < -0.4 is 0 Å². The molecule has 140 valence electrons. The largest absolute Gasteiger partial charge is 0.377 e. The number of para-hydroxylation sites is 1. The maximum absolute atomic E-state index is 13.1. The molecule has 0 radical (unpaired) electrons. The second kappa shape index (κ2) is 7.00. The normalized spacial score (nSPS) is 17.3. The van der Waals surface area contributed by atoms with E-state index in [1.165, 1.54) is 0 Å². The van der Waals surface area contributed by atoms with Crippen molar-refractivity contribution in [1.29, 1.82) is 0 Å². The Labute approximate surface area is 158 Å². The zero-order valence-corrected chi connectivity index (χ0v) is 15.8. The third-order valence-corrected chi connectivity index (χ3v) is 5.02. The van der Waals surface area contributed by atoms with Gasteiger partial charge in [0.25, 0.3) is 5.91 Å². The fourth-order valence-corrected chi connectivity index (χ4v) is 3.74. The molecule has 2 aromatic heterocycles. The number of nitrogens with zero attached hydrogens (tertiary/aromatic N) is 5. The molecule has 0 N–H and O–H groups in total. The molecule has 7 nitrogen and oxygen atoms in total. The van der Waals surface area contributed by atoms with Gasteiger partial charge in [-0.1, -0.05) is 18.2 Å². The first-order valence-electron chi connectivity index (χ1n) is 9.05. The molecule has 1 aromatic carbocycles. The highest BCUT2D eigenvalue weighted by molar-refractivity contribution is 5.94. The molecule has 0 bridgehead atoms. The molecule has 1 atom stereocenters. The van der Waals surface area contributed by atoms with Crippen LogP contribution in [0.1, 0.15) is 33.4 Å². The third kappa shape index (κ3) is 3.14. The molecule has 1 aliphatic rings. The molecule has 4 rings (SSSR count). The fourth-order valence-electron chi connectivity index (χ4n) is 3.74. The summed E-state index contributed by atoms with van der Waals surface area (Å²) in [6.07, 6.45) is 3.37. The van der Waals surface area contributed by atoms with Crippen molar-refractivity contribution in [3.05, 3.63) is 65.2 Å². The zero-order valence-electron chi connectivity index (χ0n) is 15.8. The lowest BCUT2D eigenvalue weighted by molar-refractivity contribution is -0.00304. The predicted octanol–water partition coefficient (Wildman–Crippen LogP) is 2.44. The van der Waals surface area contributed by atoms with E-state index >= 15 is 0 Å². The van der Waals surface area contributed by atoms with Gasteiger partial charge in [-0.3, -0.25) is 9.48 Å². The van der Waals surface area contributed by atoms with Gasteiger partial charge in [0.05, 0.1) is 42.4 Å². The molecule has 3 heterocycles. The molecule has 0 spiro atoms. The van der Waals surface area contributed by atoms with Crippen LogP contribution in [0.5, 0.6) is 0 Å². The maximum atomic E-state index is 13.1. The quantitative estimate of drug-likeness (QED) is 0.715. The molecule has 7 heteroatoms. The second-order valence-corrected chi connectivity index (χ2v) is 6.82. The summed E-state index contributed by atoms with van der Waals surface area (Å²) in [6.45, 7) is 5.59. The molecule has 0 saturated carbocycles. The Morgan fingerprint density at radius 2 is 2.00 bits per heavy atom. The molecule has 1 aliphatic heterocycles. The summed E-state index contributed by atoms with van der Waals surface area (Å²) in [4.78, 5) is 15.0. The number of amides is 1. The topological polar surface area (TPSA) is 65.2 Å². The first kappa shape index (κ1) is 17.5.